The van der Waals surface area contributed by atoms with Crippen molar-refractivity contribution in [1.29, 1.82) is 0 Å². The molecule has 0 amide bonds. The molecule has 10 heteroatoms. The lowest BCUT2D eigenvalue weighted by Gasteiger charge is -2.08. The molecule has 0 aromatic carbocycles. The minimum Gasteiger partial charge on any atom is -0.479 e. The molecule has 0 aliphatic rings. The van der Waals surface area contributed by atoms with Gasteiger partial charge in [-0.3, -0.25) is 10.1 Å². The highest BCUT2D eigenvalue weighted by molar-refractivity contribution is 5.51. The quantitative estimate of drug-likeness (QED) is 0.405. The zero-order valence-electron chi connectivity index (χ0n) is 14.0. The van der Waals surface area contributed by atoms with Crippen LogP contribution < -0.4 is 9.47 Å². The molecule has 0 spiro atoms. The van der Waals surface area contributed by atoms with E-state index in [1.54, 1.807) is 21.0 Å². The van der Waals surface area contributed by atoms with Gasteiger partial charge >= 0.3 is 11.6 Å². The Bertz CT molecular complexity index is 731. The van der Waals surface area contributed by atoms with Crippen molar-refractivity contribution in [2.75, 3.05) is 27.4 Å². The molecule has 0 aliphatic heterocycles. The molecule has 0 bridgehead atoms. The summed E-state index contributed by atoms with van der Waals surface area (Å²) in [6.07, 6.45) is 2.09. The van der Waals surface area contributed by atoms with Crippen molar-refractivity contribution in [3.63, 3.8) is 0 Å². The van der Waals surface area contributed by atoms with Gasteiger partial charge in [0.05, 0.1) is 24.8 Å². The second-order valence-corrected chi connectivity index (χ2v) is 4.91. The Morgan fingerprint density at radius 2 is 2.00 bits per heavy atom. The molecule has 0 fully saturated rings. The van der Waals surface area contributed by atoms with Crippen LogP contribution in [0.4, 0.5) is 5.69 Å². The second-order valence-electron chi connectivity index (χ2n) is 4.91. The van der Waals surface area contributed by atoms with Crippen LogP contribution in [-0.2, 0) is 4.74 Å². The first-order valence-corrected chi connectivity index (χ1v) is 7.23. The van der Waals surface area contributed by atoms with Crippen LogP contribution in [0.5, 0.6) is 11.8 Å². The van der Waals surface area contributed by atoms with E-state index in [0.717, 1.165) is 0 Å². The van der Waals surface area contributed by atoms with Gasteiger partial charge in [-0.25, -0.2) is 9.67 Å². The van der Waals surface area contributed by atoms with E-state index >= 15 is 0 Å². The van der Waals surface area contributed by atoms with E-state index in [0.29, 0.717) is 30.2 Å². The number of aromatic nitrogens is 4. The lowest BCUT2D eigenvalue weighted by Crippen LogP contribution is -2.06. The fraction of sp³-hybridized carbons (Fsp3) is 0.500. The minimum atomic E-state index is -0.522. The molecule has 0 saturated carbocycles. The van der Waals surface area contributed by atoms with Gasteiger partial charge in [0.25, 0.3) is 0 Å². The molecular formula is C14H19N5O5. The molecule has 2 aromatic heterocycles. The SMILES string of the molecule is COCCCOc1nn(-c2cnc(C)nc2OC)c(C)c1[N+](=O)[O-]. The standard InChI is InChI=1S/C14H19N5O5/c1-9-12(19(20)21)14(24-7-5-6-22-3)17-18(9)11-8-15-10(2)16-13(11)23-4/h8H,5-7H2,1-4H3. The van der Waals surface area contributed by atoms with Crippen molar-refractivity contribution in [1.82, 2.24) is 19.7 Å². The predicted octanol–water partition coefficient (Wildman–Crippen LogP) is 1.61. The summed E-state index contributed by atoms with van der Waals surface area (Å²) >= 11 is 0. The first kappa shape index (κ1) is 17.6. The Hall–Kier alpha value is -2.75. The van der Waals surface area contributed by atoms with Gasteiger partial charge in [0.2, 0.25) is 5.88 Å². The average molecular weight is 337 g/mol. The third-order valence-electron chi connectivity index (χ3n) is 3.25. The third kappa shape index (κ3) is 3.59. The van der Waals surface area contributed by atoms with Gasteiger partial charge in [-0.2, -0.15) is 4.98 Å². The molecule has 0 radical (unpaired) electrons. The van der Waals surface area contributed by atoms with Crippen LogP contribution in [0.15, 0.2) is 6.20 Å². The van der Waals surface area contributed by atoms with Crippen LogP contribution in [0.1, 0.15) is 17.9 Å². The summed E-state index contributed by atoms with van der Waals surface area (Å²) in [6, 6.07) is 0. The van der Waals surface area contributed by atoms with Crippen molar-refractivity contribution < 1.29 is 19.1 Å². The Kier molecular flexibility index (Phi) is 5.64. The lowest BCUT2D eigenvalue weighted by molar-refractivity contribution is -0.386. The van der Waals surface area contributed by atoms with Crippen molar-refractivity contribution >= 4 is 5.69 Å². The van der Waals surface area contributed by atoms with Crippen LogP contribution in [0.2, 0.25) is 0 Å². The molecule has 0 N–H and O–H groups in total. The normalized spacial score (nSPS) is 10.7. The fourth-order valence-corrected chi connectivity index (χ4v) is 2.12. The van der Waals surface area contributed by atoms with Gasteiger partial charge in [0.1, 0.15) is 17.2 Å². The lowest BCUT2D eigenvalue weighted by atomic mass is 10.3. The van der Waals surface area contributed by atoms with Crippen molar-refractivity contribution in [3.05, 3.63) is 27.8 Å². The number of methoxy groups -OCH3 is 2. The van der Waals surface area contributed by atoms with E-state index < -0.39 is 4.92 Å². The summed E-state index contributed by atoms with van der Waals surface area (Å²) in [5.74, 6) is 0.733. The number of rotatable bonds is 8. The first-order valence-electron chi connectivity index (χ1n) is 7.23. The molecule has 2 rings (SSSR count). The number of hydrogen-bond donors (Lipinski definition) is 0. The highest BCUT2D eigenvalue weighted by atomic mass is 16.6. The van der Waals surface area contributed by atoms with Crippen LogP contribution in [0.25, 0.3) is 5.69 Å². The Labute approximate surface area is 138 Å². The summed E-state index contributed by atoms with van der Waals surface area (Å²) in [6.45, 7) is 4.04. The van der Waals surface area contributed by atoms with Gasteiger partial charge in [0.15, 0.2) is 0 Å². The van der Waals surface area contributed by atoms with E-state index in [9.17, 15) is 10.1 Å². The molecule has 0 saturated heterocycles. The predicted molar refractivity (Wildman–Crippen MR) is 83.8 cm³/mol. The van der Waals surface area contributed by atoms with Crippen LogP contribution in [-0.4, -0.2) is 52.1 Å². The molecule has 0 aliphatic carbocycles. The fourth-order valence-electron chi connectivity index (χ4n) is 2.12. The zero-order valence-corrected chi connectivity index (χ0v) is 14.0. The molecule has 24 heavy (non-hydrogen) atoms. The maximum atomic E-state index is 11.4. The molecule has 10 nitrogen and oxygen atoms in total. The zero-order chi connectivity index (χ0) is 17.7. The minimum absolute atomic E-state index is 0.0590. The number of aryl methyl sites for hydroxylation is 1. The number of nitro groups is 1. The van der Waals surface area contributed by atoms with Gasteiger partial charge in [0, 0.05) is 20.1 Å². The van der Waals surface area contributed by atoms with Crippen LogP contribution in [0.3, 0.4) is 0 Å². The Balaban J connectivity index is 2.43. The molecular weight excluding hydrogens is 318 g/mol. The monoisotopic (exact) mass is 337 g/mol. The molecule has 2 aromatic rings. The first-order chi connectivity index (χ1) is 11.5. The highest BCUT2D eigenvalue weighted by Crippen LogP contribution is 2.33. The topological polar surface area (TPSA) is 114 Å². The largest absolute Gasteiger partial charge is 0.479 e. The van der Waals surface area contributed by atoms with E-state index in [2.05, 4.69) is 15.1 Å². The van der Waals surface area contributed by atoms with Crippen molar-refractivity contribution in [2.45, 2.75) is 20.3 Å². The molecule has 130 valence electrons. The van der Waals surface area contributed by atoms with Crippen molar-refractivity contribution in [2.24, 2.45) is 0 Å². The summed E-state index contributed by atoms with van der Waals surface area (Å²) < 4.78 is 16.9. The van der Waals surface area contributed by atoms with Gasteiger partial charge in [-0.05, 0) is 13.8 Å². The molecule has 0 unspecified atom stereocenters. The maximum absolute atomic E-state index is 11.4. The smallest absolute Gasteiger partial charge is 0.353 e. The van der Waals surface area contributed by atoms with Gasteiger partial charge < -0.3 is 14.2 Å². The summed E-state index contributed by atoms with van der Waals surface area (Å²) in [7, 11) is 3.03. The summed E-state index contributed by atoms with van der Waals surface area (Å²) in [5.41, 5.74) is 0.498. The number of hydrogen-bond acceptors (Lipinski definition) is 8. The molecule has 2 heterocycles. The Morgan fingerprint density at radius 3 is 2.62 bits per heavy atom. The van der Waals surface area contributed by atoms with Crippen molar-refractivity contribution in [3.8, 4) is 17.4 Å². The number of nitrogens with zero attached hydrogens (tertiary/aromatic N) is 5. The van der Waals surface area contributed by atoms with E-state index in [4.69, 9.17) is 14.2 Å². The number of ether oxygens (including phenoxy) is 3. The highest BCUT2D eigenvalue weighted by Gasteiger charge is 2.28. The van der Waals surface area contributed by atoms with E-state index in [-0.39, 0.29) is 24.1 Å². The van der Waals surface area contributed by atoms with E-state index in [1.165, 1.54) is 18.0 Å². The van der Waals surface area contributed by atoms with Crippen LogP contribution in [0, 0.1) is 24.0 Å². The average Bonchev–Trinajstić information content (AvgIpc) is 2.88. The Morgan fingerprint density at radius 1 is 1.25 bits per heavy atom. The third-order valence-corrected chi connectivity index (χ3v) is 3.25. The van der Waals surface area contributed by atoms with Gasteiger partial charge in [-0.1, -0.05) is 0 Å². The van der Waals surface area contributed by atoms with Gasteiger partial charge in [-0.15, -0.1) is 5.10 Å². The second kappa shape index (κ2) is 7.68. The summed E-state index contributed by atoms with van der Waals surface area (Å²) in [4.78, 5) is 19.1. The maximum Gasteiger partial charge on any atom is 0.353 e. The van der Waals surface area contributed by atoms with E-state index in [1.807, 2.05) is 0 Å². The summed E-state index contributed by atoms with van der Waals surface area (Å²) in [5, 5.41) is 15.6. The molecule has 0 atom stereocenters. The van der Waals surface area contributed by atoms with Crippen LogP contribution >= 0.6 is 0 Å².